The summed E-state index contributed by atoms with van der Waals surface area (Å²) < 4.78 is 37.4. The molecule has 0 spiro atoms. The molecule has 0 aliphatic carbocycles. The Kier molecular flexibility index (Phi) is 5.68. The molecule has 6 nitrogen and oxygen atoms in total. The Morgan fingerprint density at radius 3 is 2.80 bits per heavy atom. The van der Waals surface area contributed by atoms with Gasteiger partial charge in [-0.2, -0.15) is 5.26 Å². The second-order valence-corrected chi connectivity index (χ2v) is 9.33. The lowest BCUT2D eigenvalue weighted by atomic mass is 10.1. The van der Waals surface area contributed by atoms with Crippen LogP contribution in [0.4, 0.5) is 4.39 Å². The Morgan fingerprint density at radius 2 is 2.20 bits per heavy atom. The molecule has 0 atom stereocenters. The van der Waals surface area contributed by atoms with Crippen LogP contribution in [-0.4, -0.2) is 49.4 Å². The van der Waals surface area contributed by atoms with E-state index in [0.29, 0.717) is 36.7 Å². The Hall–Kier alpha value is -2.14. The molecule has 0 unspecified atom stereocenters. The lowest BCUT2D eigenvalue weighted by Crippen LogP contribution is -2.57. The molecule has 1 aliphatic heterocycles. The Labute approximate surface area is 148 Å². The van der Waals surface area contributed by atoms with Crippen LogP contribution in [0, 0.1) is 17.1 Å². The molecule has 25 heavy (non-hydrogen) atoms. The van der Waals surface area contributed by atoms with Crippen LogP contribution in [0.2, 0.25) is 0 Å². The van der Waals surface area contributed by atoms with E-state index >= 15 is 0 Å². The number of nitrogens with one attached hydrogen (secondary N) is 1. The number of guanidine groups is 1. The van der Waals surface area contributed by atoms with Crippen molar-refractivity contribution in [3.8, 4) is 6.07 Å². The third-order valence-corrected chi connectivity index (χ3v) is 6.78. The van der Waals surface area contributed by atoms with Gasteiger partial charge in [-0.05, 0) is 39.0 Å². The maximum Gasteiger partial charge on any atom is 0.194 e. The highest BCUT2D eigenvalue weighted by Crippen LogP contribution is 2.24. The number of hydrogen-bond donors (Lipinski definition) is 1. The summed E-state index contributed by atoms with van der Waals surface area (Å²) in [5.74, 6) is 0.190. The minimum absolute atomic E-state index is 0.0582. The van der Waals surface area contributed by atoms with Crippen LogP contribution in [0.1, 0.15) is 31.9 Å². The minimum atomic E-state index is -3.15. The number of aliphatic imine (C=N–C) groups is 1. The molecule has 2 rings (SSSR count). The molecule has 0 saturated carbocycles. The number of rotatable bonds is 3. The molecule has 1 fully saturated rings. The zero-order valence-corrected chi connectivity index (χ0v) is 15.5. The third kappa shape index (κ3) is 4.28. The van der Waals surface area contributed by atoms with Gasteiger partial charge < -0.3 is 10.2 Å². The van der Waals surface area contributed by atoms with Gasteiger partial charge >= 0.3 is 0 Å². The average molecular weight is 366 g/mol. The predicted octanol–water partition coefficient (Wildman–Crippen LogP) is 1.67. The van der Waals surface area contributed by atoms with Crippen LogP contribution in [0.25, 0.3) is 0 Å². The minimum Gasteiger partial charge on any atom is -0.357 e. The van der Waals surface area contributed by atoms with Gasteiger partial charge in [-0.3, -0.25) is 0 Å². The summed E-state index contributed by atoms with van der Waals surface area (Å²) in [5.41, 5.74) is 0.708. The molecule has 1 aromatic carbocycles. The number of benzene rings is 1. The first kappa shape index (κ1) is 19.2. The molecule has 1 saturated heterocycles. The molecule has 1 N–H and O–H groups in total. The normalized spacial score (nSPS) is 19.3. The number of nitriles is 1. The van der Waals surface area contributed by atoms with Gasteiger partial charge in [0.2, 0.25) is 0 Å². The molecule has 1 aliphatic rings. The van der Waals surface area contributed by atoms with E-state index in [0.717, 1.165) is 0 Å². The molecule has 0 amide bonds. The zero-order chi connectivity index (χ0) is 18.7. The van der Waals surface area contributed by atoms with Gasteiger partial charge in [0.1, 0.15) is 5.82 Å². The van der Waals surface area contributed by atoms with E-state index in [-0.39, 0.29) is 12.3 Å². The lowest BCUT2D eigenvalue weighted by molar-refractivity contribution is 0.353. The number of sulfone groups is 1. The van der Waals surface area contributed by atoms with Crippen molar-refractivity contribution in [2.45, 2.75) is 32.1 Å². The molecule has 0 aromatic heterocycles. The molecule has 0 bridgehead atoms. The van der Waals surface area contributed by atoms with E-state index < -0.39 is 20.4 Å². The summed E-state index contributed by atoms with van der Waals surface area (Å²) in [6, 6.07) is 6.14. The van der Waals surface area contributed by atoms with Crippen molar-refractivity contribution in [1.82, 2.24) is 10.2 Å². The van der Waals surface area contributed by atoms with Crippen molar-refractivity contribution in [3.05, 3.63) is 35.1 Å². The zero-order valence-electron chi connectivity index (χ0n) is 14.7. The summed E-state index contributed by atoms with van der Waals surface area (Å²) in [5, 5.41) is 12.1. The second kappa shape index (κ2) is 7.40. The molecular formula is C17H23FN4O2S. The Morgan fingerprint density at radius 1 is 1.48 bits per heavy atom. The van der Waals surface area contributed by atoms with Crippen LogP contribution in [-0.2, 0) is 16.4 Å². The number of nitrogens with zero attached hydrogens (tertiary/aromatic N) is 3. The molecule has 8 heteroatoms. The Balaban J connectivity index is 2.24. The maximum atomic E-state index is 13.9. The fourth-order valence-corrected chi connectivity index (χ4v) is 4.04. The summed E-state index contributed by atoms with van der Waals surface area (Å²) in [4.78, 5) is 6.33. The molecule has 136 valence electrons. The third-order valence-electron chi connectivity index (χ3n) is 4.25. The van der Waals surface area contributed by atoms with Gasteiger partial charge in [0.05, 0.1) is 28.7 Å². The summed E-state index contributed by atoms with van der Waals surface area (Å²) in [7, 11) is -3.15. The fourth-order valence-electron chi connectivity index (χ4n) is 2.68. The van der Waals surface area contributed by atoms with E-state index in [4.69, 9.17) is 5.26 Å². The van der Waals surface area contributed by atoms with E-state index in [2.05, 4.69) is 10.3 Å². The van der Waals surface area contributed by atoms with Crippen molar-refractivity contribution in [1.29, 1.82) is 5.26 Å². The van der Waals surface area contributed by atoms with Gasteiger partial charge in [0, 0.05) is 25.2 Å². The van der Waals surface area contributed by atoms with E-state index in [1.165, 1.54) is 18.2 Å². The SMILES string of the molecule is CCNC(=NCc1cc(C#N)ccc1F)N1CCS(=O)(=O)C(C)(C)C1. The van der Waals surface area contributed by atoms with Gasteiger partial charge in [0.15, 0.2) is 15.8 Å². The molecule has 1 aromatic rings. The van der Waals surface area contributed by atoms with Gasteiger partial charge in [-0.1, -0.05) is 0 Å². The van der Waals surface area contributed by atoms with Crippen LogP contribution < -0.4 is 5.32 Å². The van der Waals surface area contributed by atoms with Crippen LogP contribution in [0.5, 0.6) is 0 Å². The van der Waals surface area contributed by atoms with E-state index in [9.17, 15) is 12.8 Å². The lowest BCUT2D eigenvalue weighted by Gasteiger charge is -2.39. The summed E-state index contributed by atoms with van der Waals surface area (Å²) >= 11 is 0. The van der Waals surface area contributed by atoms with E-state index in [1.807, 2.05) is 17.9 Å². The van der Waals surface area contributed by atoms with Crippen LogP contribution in [0.15, 0.2) is 23.2 Å². The van der Waals surface area contributed by atoms with Crippen molar-refractivity contribution in [2.75, 3.05) is 25.4 Å². The van der Waals surface area contributed by atoms with Crippen LogP contribution in [0.3, 0.4) is 0 Å². The monoisotopic (exact) mass is 366 g/mol. The first-order chi connectivity index (χ1) is 11.7. The fraction of sp³-hybridized carbons (Fsp3) is 0.529. The highest BCUT2D eigenvalue weighted by molar-refractivity contribution is 7.92. The van der Waals surface area contributed by atoms with Crippen molar-refractivity contribution in [3.63, 3.8) is 0 Å². The average Bonchev–Trinajstić information content (AvgIpc) is 2.55. The quantitative estimate of drug-likeness (QED) is 0.650. The molecular weight excluding hydrogens is 343 g/mol. The summed E-state index contributed by atoms with van der Waals surface area (Å²) in [6.45, 7) is 6.68. The first-order valence-corrected chi connectivity index (χ1v) is 9.79. The smallest absolute Gasteiger partial charge is 0.194 e. The highest BCUT2D eigenvalue weighted by Gasteiger charge is 2.40. The topological polar surface area (TPSA) is 85.6 Å². The molecule has 0 radical (unpaired) electrons. The van der Waals surface area contributed by atoms with Gasteiger partial charge in [-0.15, -0.1) is 0 Å². The maximum absolute atomic E-state index is 13.9. The predicted molar refractivity (Wildman–Crippen MR) is 95.4 cm³/mol. The standard InChI is InChI=1S/C17H23FN4O2S/c1-4-20-16(22-7-8-25(23,24)17(2,3)12-22)21-11-14-9-13(10-19)5-6-15(14)18/h5-6,9H,4,7-8,11-12H2,1-3H3,(H,20,21). The van der Waals surface area contributed by atoms with Gasteiger partial charge in [0.25, 0.3) is 0 Å². The molecule has 1 heterocycles. The van der Waals surface area contributed by atoms with Crippen molar-refractivity contribution in [2.24, 2.45) is 4.99 Å². The van der Waals surface area contributed by atoms with Crippen molar-refractivity contribution >= 4 is 15.8 Å². The van der Waals surface area contributed by atoms with Crippen LogP contribution >= 0.6 is 0 Å². The number of hydrogen-bond acceptors (Lipinski definition) is 4. The largest absolute Gasteiger partial charge is 0.357 e. The Bertz CT molecular complexity index is 812. The number of halogens is 1. The second-order valence-electron chi connectivity index (χ2n) is 6.59. The highest BCUT2D eigenvalue weighted by atomic mass is 32.2. The van der Waals surface area contributed by atoms with Crippen molar-refractivity contribution < 1.29 is 12.8 Å². The first-order valence-electron chi connectivity index (χ1n) is 8.14. The van der Waals surface area contributed by atoms with E-state index in [1.54, 1.807) is 13.8 Å². The van der Waals surface area contributed by atoms with Gasteiger partial charge in [-0.25, -0.2) is 17.8 Å². The summed E-state index contributed by atoms with van der Waals surface area (Å²) in [6.07, 6.45) is 0.